The number of aromatic nitrogens is 6. The number of unbranched alkanes of at least 4 members (excludes halogenated alkanes) is 2. The van der Waals surface area contributed by atoms with Crippen molar-refractivity contribution in [2.75, 3.05) is 0 Å². The summed E-state index contributed by atoms with van der Waals surface area (Å²) in [6.45, 7) is 4.26. The fourth-order valence-corrected chi connectivity index (χ4v) is 7.20. The highest BCUT2D eigenvalue weighted by atomic mass is 32.2. The maximum absolute atomic E-state index is 4.66. The van der Waals surface area contributed by atoms with Crippen molar-refractivity contribution in [3.8, 4) is 11.4 Å². The molecule has 0 saturated carbocycles. The quantitative estimate of drug-likeness (QED) is 0.0884. The first-order chi connectivity index (χ1) is 22.1. The normalized spacial score (nSPS) is 11.2. The number of aryl methyl sites for hydroxylation is 4. The SMILES string of the molecule is Cc1cccc(-n2c(CCCCCc3nnc(SCc4ccccc4)n3-c3cccc(C)c3)nnc2SCc2ccccc2)c1. The van der Waals surface area contributed by atoms with Crippen molar-refractivity contribution in [2.24, 2.45) is 0 Å². The van der Waals surface area contributed by atoms with E-state index in [2.05, 4.69) is 153 Å². The molecule has 6 rings (SSSR count). The van der Waals surface area contributed by atoms with Crippen LogP contribution in [0.3, 0.4) is 0 Å². The Bertz CT molecular complexity index is 1680. The molecule has 0 atom stereocenters. The molecule has 0 bridgehead atoms. The van der Waals surface area contributed by atoms with Crippen molar-refractivity contribution < 1.29 is 0 Å². The fourth-order valence-electron chi connectivity index (χ4n) is 5.35. The fraction of sp³-hybridized carbons (Fsp3) is 0.243. The van der Waals surface area contributed by atoms with Gasteiger partial charge < -0.3 is 0 Å². The lowest BCUT2D eigenvalue weighted by Crippen LogP contribution is -2.05. The average Bonchev–Trinajstić information content (AvgIpc) is 3.67. The summed E-state index contributed by atoms with van der Waals surface area (Å²) in [6.07, 6.45) is 4.87. The summed E-state index contributed by atoms with van der Waals surface area (Å²) in [7, 11) is 0. The molecule has 228 valence electrons. The second-order valence-corrected chi connectivity index (χ2v) is 13.1. The van der Waals surface area contributed by atoms with Crippen LogP contribution in [0.25, 0.3) is 11.4 Å². The van der Waals surface area contributed by atoms with Crippen molar-refractivity contribution in [1.82, 2.24) is 29.5 Å². The molecule has 0 aliphatic heterocycles. The first kappa shape index (κ1) is 30.9. The van der Waals surface area contributed by atoms with Gasteiger partial charge in [0.05, 0.1) is 0 Å². The molecule has 2 aromatic heterocycles. The van der Waals surface area contributed by atoms with Gasteiger partial charge in [-0.25, -0.2) is 0 Å². The monoisotopic (exact) mass is 630 g/mol. The van der Waals surface area contributed by atoms with Crippen LogP contribution in [0.5, 0.6) is 0 Å². The minimum absolute atomic E-state index is 0.859. The molecule has 0 spiro atoms. The van der Waals surface area contributed by atoms with Crippen LogP contribution < -0.4 is 0 Å². The van der Waals surface area contributed by atoms with E-state index < -0.39 is 0 Å². The smallest absolute Gasteiger partial charge is 0.196 e. The summed E-state index contributed by atoms with van der Waals surface area (Å²) in [4.78, 5) is 0. The first-order valence-corrected chi connectivity index (χ1v) is 17.5. The zero-order valence-electron chi connectivity index (χ0n) is 25.8. The topological polar surface area (TPSA) is 61.4 Å². The second kappa shape index (κ2) is 15.2. The zero-order chi connectivity index (χ0) is 30.8. The minimum atomic E-state index is 0.859. The summed E-state index contributed by atoms with van der Waals surface area (Å²) in [5, 5.41) is 20.5. The lowest BCUT2D eigenvalue weighted by molar-refractivity contribution is 0.634. The molecule has 2 heterocycles. The minimum Gasteiger partial charge on any atom is -0.274 e. The molecule has 0 aliphatic rings. The van der Waals surface area contributed by atoms with Crippen molar-refractivity contribution in [2.45, 2.75) is 67.8 Å². The van der Waals surface area contributed by atoms with Gasteiger partial charge in [0.15, 0.2) is 10.3 Å². The third kappa shape index (κ3) is 8.12. The van der Waals surface area contributed by atoms with E-state index in [9.17, 15) is 0 Å². The highest BCUT2D eigenvalue weighted by molar-refractivity contribution is 7.98. The summed E-state index contributed by atoms with van der Waals surface area (Å²) < 4.78 is 4.48. The van der Waals surface area contributed by atoms with Gasteiger partial charge in [0.1, 0.15) is 11.6 Å². The van der Waals surface area contributed by atoms with Gasteiger partial charge >= 0.3 is 0 Å². The molecule has 0 aliphatic carbocycles. The van der Waals surface area contributed by atoms with E-state index in [0.29, 0.717) is 0 Å². The largest absolute Gasteiger partial charge is 0.274 e. The molecule has 45 heavy (non-hydrogen) atoms. The van der Waals surface area contributed by atoms with Crippen LogP contribution in [0, 0.1) is 13.8 Å². The molecule has 0 N–H and O–H groups in total. The molecule has 0 amide bonds. The van der Waals surface area contributed by atoms with Crippen LogP contribution in [0.15, 0.2) is 120 Å². The van der Waals surface area contributed by atoms with E-state index in [1.54, 1.807) is 23.5 Å². The Balaban J connectivity index is 1.12. The standard InChI is InChI=1S/C37H38N6S2/c1-28-14-12-20-32(24-28)42-34(38-40-36(42)44-26-30-16-6-3-7-17-30)22-10-5-11-23-35-39-41-37(45-27-31-18-8-4-9-19-31)43(35)33-21-13-15-29(2)25-33/h3-4,6-9,12-21,24-25H,5,10-11,22-23,26-27H2,1-2H3. The molecule has 0 fully saturated rings. The molecule has 0 saturated heterocycles. The average molecular weight is 631 g/mol. The van der Waals surface area contributed by atoms with E-state index in [-0.39, 0.29) is 0 Å². The van der Waals surface area contributed by atoms with Crippen LogP contribution in [0.1, 0.15) is 53.2 Å². The van der Waals surface area contributed by atoms with Gasteiger partial charge in [0.2, 0.25) is 0 Å². The zero-order valence-corrected chi connectivity index (χ0v) is 27.5. The summed E-state index contributed by atoms with van der Waals surface area (Å²) >= 11 is 3.47. The Labute approximate surface area is 274 Å². The number of rotatable bonds is 14. The number of hydrogen-bond donors (Lipinski definition) is 0. The van der Waals surface area contributed by atoms with Gasteiger partial charge in [0, 0.05) is 35.7 Å². The van der Waals surface area contributed by atoms with Gasteiger partial charge in [-0.1, -0.05) is 115 Å². The van der Waals surface area contributed by atoms with Gasteiger partial charge in [-0.3, -0.25) is 9.13 Å². The van der Waals surface area contributed by atoms with Crippen LogP contribution in [-0.2, 0) is 24.3 Å². The number of thioether (sulfide) groups is 2. The first-order valence-electron chi connectivity index (χ1n) is 15.5. The van der Waals surface area contributed by atoms with Gasteiger partial charge in [0.25, 0.3) is 0 Å². The highest BCUT2D eigenvalue weighted by Gasteiger charge is 2.17. The lowest BCUT2D eigenvalue weighted by Gasteiger charge is -2.12. The summed E-state index contributed by atoms with van der Waals surface area (Å²) in [6, 6.07) is 38.3. The Kier molecular flexibility index (Phi) is 10.4. The van der Waals surface area contributed by atoms with E-state index in [4.69, 9.17) is 0 Å². The summed E-state index contributed by atoms with van der Waals surface area (Å²) in [5.41, 5.74) is 7.26. The van der Waals surface area contributed by atoms with E-state index >= 15 is 0 Å². The predicted octanol–water partition coefficient (Wildman–Crippen LogP) is 9.00. The van der Waals surface area contributed by atoms with E-state index in [1.165, 1.54) is 22.3 Å². The van der Waals surface area contributed by atoms with E-state index in [1.807, 2.05) is 0 Å². The molecule has 8 heteroatoms. The predicted molar refractivity (Wildman–Crippen MR) is 185 cm³/mol. The van der Waals surface area contributed by atoms with Gasteiger partial charge in [-0.05, 0) is 73.2 Å². The maximum atomic E-state index is 4.66. The highest BCUT2D eigenvalue weighted by Crippen LogP contribution is 2.28. The second-order valence-electron chi connectivity index (χ2n) is 11.3. The maximum Gasteiger partial charge on any atom is 0.196 e. The number of benzene rings is 4. The molecule has 6 nitrogen and oxygen atoms in total. The van der Waals surface area contributed by atoms with Crippen LogP contribution in [-0.4, -0.2) is 29.5 Å². The molecule has 0 radical (unpaired) electrons. The molecular formula is C37H38N6S2. The molecule has 0 unspecified atom stereocenters. The molecular weight excluding hydrogens is 593 g/mol. The van der Waals surface area contributed by atoms with Gasteiger partial charge in [-0.15, -0.1) is 20.4 Å². The number of hydrogen-bond acceptors (Lipinski definition) is 6. The Morgan fingerprint density at radius 3 is 1.36 bits per heavy atom. The van der Waals surface area contributed by atoms with E-state index in [0.717, 1.165) is 76.9 Å². The molecule has 6 aromatic rings. The van der Waals surface area contributed by atoms with Crippen molar-refractivity contribution >= 4 is 23.5 Å². The Morgan fingerprint density at radius 1 is 0.489 bits per heavy atom. The Hall–Kier alpha value is -4.14. The molecule has 4 aromatic carbocycles. The van der Waals surface area contributed by atoms with Crippen molar-refractivity contribution in [3.63, 3.8) is 0 Å². The summed E-state index contributed by atoms with van der Waals surface area (Å²) in [5.74, 6) is 3.74. The van der Waals surface area contributed by atoms with Crippen LogP contribution in [0.4, 0.5) is 0 Å². The van der Waals surface area contributed by atoms with Crippen molar-refractivity contribution in [1.29, 1.82) is 0 Å². The lowest BCUT2D eigenvalue weighted by atomic mass is 10.1. The Morgan fingerprint density at radius 2 is 0.933 bits per heavy atom. The third-order valence-electron chi connectivity index (χ3n) is 7.64. The van der Waals surface area contributed by atoms with Crippen molar-refractivity contribution in [3.05, 3.63) is 143 Å². The van der Waals surface area contributed by atoms with Gasteiger partial charge in [-0.2, -0.15) is 0 Å². The number of nitrogens with zero attached hydrogens (tertiary/aromatic N) is 6. The van der Waals surface area contributed by atoms with Crippen LogP contribution in [0.2, 0.25) is 0 Å². The van der Waals surface area contributed by atoms with Crippen LogP contribution >= 0.6 is 23.5 Å². The third-order valence-corrected chi connectivity index (χ3v) is 9.64.